The van der Waals surface area contributed by atoms with Gasteiger partial charge in [0, 0.05) is 6.92 Å². The summed E-state index contributed by atoms with van der Waals surface area (Å²) < 4.78 is 36.1. The minimum Gasteiger partial charge on any atom is -0.477 e. The number of halogens is 2. The Morgan fingerprint density at radius 1 is 1.24 bits per heavy atom. The van der Waals surface area contributed by atoms with Crippen LogP contribution in [0.4, 0.5) is 8.78 Å². The third kappa shape index (κ3) is 4.51. The maximum atomic E-state index is 13.7. The molecule has 0 amide bonds. The van der Waals surface area contributed by atoms with E-state index in [-0.39, 0.29) is 5.56 Å². The summed E-state index contributed by atoms with van der Waals surface area (Å²) in [5.41, 5.74) is -0.193. The summed E-state index contributed by atoms with van der Waals surface area (Å²) in [5, 5.41) is 8.58. The van der Waals surface area contributed by atoms with Gasteiger partial charge in [-0.3, -0.25) is 4.79 Å². The highest BCUT2D eigenvalue weighted by Crippen LogP contribution is 2.35. The molecule has 1 aromatic rings. The fourth-order valence-electron chi connectivity index (χ4n) is 1.42. The number of aliphatic carboxylic acids is 1. The molecule has 0 radical (unpaired) electrons. The van der Waals surface area contributed by atoms with E-state index in [1.807, 2.05) is 0 Å². The Kier molecular flexibility index (Phi) is 5.34. The lowest BCUT2D eigenvalue weighted by atomic mass is 10.0. The first-order valence-corrected chi connectivity index (χ1v) is 5.74. The quantitative estimate of drug-likeness (QED) is 0.802. The average molecular weight is 302 g/mol. The predicted molar refractivity (Wildman–Crippen MR) is 64.5 cm³/mol. The van der Waals surface area contributed by atoms with Crippen molar-refractivity contribution in [3.8, 4) is 0 Å². The summed E-state index contributed by atoms with van der Waals surface area (Å²) in [7, 11) is 0. The van der Waals surface area contributed by atoms with Crippen LogP contribution in [0.3, 0.4) is 0 Å². The second-order valence-corrected chi connectivity index (χ2v) is 3.99. The van der Waals surface area contributed by atoms with E-state index in [0.29, 0.717) is 0 Å². The van der Waals surface area contributed by atoms with Crippen LogP contribution in [-0.2, 0) is 23.9 Å². The van der Waals surface area contributed by atoms with Crippen LogP contribution in [-0.4, -0.2) is 35.5 Å². The number of carboxylic acids is 1. The van der Waals surface area contributed by atoms with Gasteiger partial charge in [-0.2, -0.15) is 8.78 Å². The van der Waals surface area contributed by atoms with Crippen molar-refractivity contribution < 1.29 is 37.7 Å². The molecule has 1 rings (SSSR count). The van der Waals surface area contributed by atoms with Gasteiger partial charge >= 0.3 is 23.8 Å². The smallest absolute Gasteiger partial charge is 0.382 e. The molecular weight excluding hydrogens is 290 g/mol. The van der Waals surface area contributed by atoms with Gasteiger partial charge in [-0.15, -0.1) is 0 Å². The molecule has 21 heavy (non-hydrogen) atoms. The topological polar surface area (TPSA) is 89.9 Å². The highest BCUT2D eigenvalue weighted by Gasteiger charge is 2.51. The van der Waals surface area contributed by atoms with E-state index in [1.165, 1.54) is 30.3 Å². The maximum absolute atomic E-state index is 13.7. The van der Waals surface area contributed by atoms with E-state index in [1.54, 1.807) is 0 Å². The number of carbonyl (C=O) groups is 3. The molecule has 0 fully saturated rings. The summed E-state index contributed by atoms with van der Waals surface area (Å²) in [4.78, 5) is 32.6. The lowest BCUT2D eigenvalue weighted by Gasteiger charge is -2.23. The molecule has 0 aliphatic carbocycles. The first kappa shape index (κ1) is 16.5. The molecule has 0 aliphatic rings. The first-order valence-electron chi connectivity index (χ1n) is 5.74. The molecule has 0 spiro atoms. The highest BCUT2D eigenvalue weighted by molar-refractivity contribution is 5.79. The Bertz CT molecular complexity index is 529. The normalized spacial score (nSPS) is 12.3. The standard InChI is InChI=1S/C13H12F2O6/c1-8(16)20-7-10(17)21-11(13(14,15)12(18)19)9-5-3-2-4-6-9/h2-6,11H,7H2,1H3,(H,18,19). The Morgan fingerprint density at radius 3 is 2.29 bits per heavy atom. The highest BCUT2D eigenvalue weighted by atomic mass is 19.3. The third-order valence-corrected chi connectivity index (χ3v) is 2.36. The monoisotopic (exact) mass is 302 g/mol. The molecule has 0 aromatic heterocycles. The van der Waals surface area contributed by atoms with Crippen LogP contribution in [0.5, 0.6) is 0 Å². The van der Waals surface area contributed by atoms with Crippen LogP contribution in [0, 0.1) is 0 Å². The van der Waals surface area contributed by atoms with E-state index in [9.17, 15) is 23.2 Å². The largest absolute Gasteiger partial charge is 0.477 e. The number of ether oxygens (including phenoxy) is 2. The van der Waals surface area contributed by atoms with Crippen molar-refractivity contribution in [2.24, 2.45) is 0 Å². The van der Waals surface area contributed by atoms with Gasteiger partial charge in [0.15, 0.2) is 6.61 Å². The number of hydrogen-bond donors (Lipinski definition) is 1. The van der Waals surface area contributed by atoms with Gasteiger partial charge in [-0.25, -0.2) is 9.59 Å². The number of alkyl halides is 2. The summed E-state index contributed by atoms with van der Waals surface area (Å²) in [6, 6.07) is 6.70. The Morgan fingerprint density at radius 2 is 1.81 bits per heavy atom. The lowest BCUT2D eigenvalue weighted by Crippen LogP contribution is -2.38. The van der Waals surface area contributed by atoms with Gasteiger partial charge in [0.1, 0.15) is 0 Å². The molecule has 114 valence electrons. The van der Waals surface area contributed by atoms with Crippen molar-refractivity contribution in [3.63, 3.8) is 0 Å². The summed E-state index contributed by atoms with van der Waals surface area (Å²) in [6.45, 7) is 0.141. The molecule has 0 saturated carbocycles. The van der Waals surface area contributed by atoms with Gasteiger partial charge in [0.25, 0.3) is 0 Å². The Balaban J connectivity index is 2.96. The molecule has 6 nitrogen and oxygen atoms in total. The van der Waals surface area contributed by atoms with Gasteiger partial charge < -0.3 is 14.6 Å². The zero-order valence-corrected chi connectivity index (χ0v) is 10.9. The minimum atomic E-state index is -4.33. The van der Waals surface area contributed by atoms with E-state index in [0.717, 1.165) is 6.92 Å². The lowest BCUT2D eigenvalue weighted by molar-refractivity contribution is -0.197. The van der Waals surface area contributed by atoms with Crippen LogP contribution in [0.25, 0.3) is 0 Å². The fraction of sp³-hybridized carbons (Fsp3) is 0.308. The van der Waals surface area contributed by atoms with Crippen molar-refractivity contribution in [3.05, 3.63) is 35.9 Å². The summed E-state index contributed by atoms with van der Waals surface area (Å²) >= 11 is 0. The molecule has 8 heteroatoms. The van der Waals surface area contributed by atoms with E-state index in [4.69, 9.17) is 5.11 Å². The molecule has 0 bridgehead atoms. The van der Waals surface area contributed by atoms with Crippen molar-refractivity contribution in [2.75, 3.05) is 6.61 Å². The van der Waals surface area contributed by atoms with E-state index in [2.05, 4.69) is 9.47 Å². The summed E-state index contributed by atoms with van der Waals surface area (Å²) in [6.07, 6.45) is -2.32. The maximum Gasteiger partial charge on any atom is 0.382 e. The molecule has 1 aromatic carbocycles. The average Bonchev–Trinajstić information content (AvgIpc) is 2.43. The number of carbonyl (C=O) groups excluding carboxylic acids is 2. The number of rotatable bonds is 6. The Hall–Kier alpha value is -2.51. The number of esters is 2. The van der Waals surface area contributed by atoms with Crippen LogP contribution >= 0.6 is 0 Å². The molecule has 1 N–H and O–H groups in total. The molecule has 0 aliphatic heterocycles. The van der Waals surface area contributed by atoms with Gasteiger partial charge in [0.05, 0.1) is 0 Å². The van der Waals surface area contributed by atoms with Crippen LogP contribution in [0.2, 0.25) is 0 Å². The van der Waals surface area contributed by atoms with Crippen molar-refractivity contribution in [2.45, 2.75) is 19.0 Å². The number of hydrogen-bond acceptors (Lipinski definition) is 5. The van der Waals surface area contributed by atoms with Crippen LogP contribution in [0.15, 0.2) is 30.3 Å². The number of carboxylic acid groups (broad SMARTS) is 1. The van der Waals surface area contributed by atoms with Gasteiger partial charge in [-0.05, 0) is 5.56 Å². The first-order chi connectivity index (χ1) is 9.75. The zero-order valence-electron chi connectivity index (χ0n) is 10.9. The van der Waals surface area contributed by atoms with E-state index >= 15 is 0 Å². The SMILES string of the molecule is CC(=O)OCC(=O)OC(c1ccccc1)C(F)(F)C(=O)O. The van der Waals surface area contributed by atoms with Crippen molar-refractivity contribution >= 4 is 17.9 Å². The zero-order chi connectivity index (χ0) is 16.0. The molecular formula is C13H12F2O6. The van der Waals surface area contributed by atoms with Gasteiger partial charge in [-0.1, -0.05) is 30.3 Å². The molecule has 1 atom stereocenters. The second-order valence-electron chi connectivity index (χ2n) is 3.99. The predicted octanol–water partition coefficient (Wildman–Crippen LogP) is 1.55. The second kappa shape index (κ2) is 6.78. The molecule has 0 saturated heterocycles. The van der Waals surface area contributed by atoms with Gasteiger partial charge in [0.2, 0.25) is 6.10 Å². The minimum absolute atomic E-state index is 0.193. The summed E-state index contributed by atoms with van der Waals surface area (Å²) in [5.74, 6) is -8.84. The van der Waals surface area contributed by atoms with E-state index < -0.39 is 36.5 Å². The number of benzene rings is 1. The van der Waals surface area contributed by atoms with Crippen molar-refractivity contribution in [1.82, 2.24) is 0 Å². The molecule has 0 heterocycles. The fourth-order valence-corrected chi connectivity index (χ4v) is 1.42. The Labute approximate surface area is 118 Å². The van der Waals surface area contributed by atoms with Crippen LogP contribution < -0.4 is 0 Å². The van der Waals surface area contributed by atoms with Crippen molar-refractivity contribution in [1.29, 1.82) is 0 Å². The molecule has 1 unspecified atom stereocenters. The van der Waals surface area contributed by atoms with Crippen LogP contribution in [0.1, 0.15) is 18.6 Å². The third-order valence-electron chi connectivity index (χ3n) is 2.36.